The first kappa shape index (κ1) is 14.9. The van der Waals surface area contributed by atoms with Crippen molar-refractivity contribution in [3.05, 3.63) is 27.9 Å². The second-order valence-electron chi connectivity index (χ2n) is 7.87. The Morgan fingerprint density at radius 3 is 2.78 bits per heavy atom. The van der Waals surface area contributed by atoms with Crippen LogP contribution in [0.5, 0.6) is 0 Å². The molecule has 2 heterocycles. The van der Waals surface area contributed by atoms with Crippen molar-refractivity contribution in [2.24, 2.45) is 11.3 Å². The molecule has 2 atom stereocenters. The van der Waals surface area contributed by atoms with Crippen LogP contribution in [-0.4, -0.2) is 27.3 Å². The van der Waals surface area contributed by atoms with Crippen LogP contribution in [0.1, 0.15) is 75.9 Å². The fourth-order valence-electron chi connectivity index (χ4n) is 4.34. The van der Waals surface area contributed by atoms with Crippen LogP contribution in [0.15, 0.2) is 10.9 Å². The molecule has 124 valence electrons. The van der Waals surface area contributed by atoms with Gasteiger partial charge in [-0.15, -0.1) is 0 Å². The summed E-state index contributed by atoms with van der Waals surface area (Å²) in [4.78, 5) is 34.4. The summed E-state index contributed by atoms with van der Waals surface area (Å²) >= 11 is 0. The smallest absolute Gasteiger partial charge is 0.251 e. The van der Waals surface area contributed by atoms with Crippen molar-refractivity contribution < 1.29 is 4.79 Å². The molecule has 1 aliphatic heterocycles. The molecule has 2 saturated carbocycles. The molecule has 2 aliphatic carbocycles. The Hall–Kier alpha value is -1.65. The highest BCUT2D eigenvalue weighted by Crippen LogP contribution is 2.66. The van der Waals surface area contributed by atoms with E-state index in [2.05, 4.69) is 9.97 Å². The van der Waals surface area contributed by atoms with Gasteiger partial charge in [-0.05, 0) is 43.4 Å². The number of carbonyl (C=O) groups is 1. The van der Waals surface area contributed by atoms with E-state index in [1.165, 1.54) is 19.3 Å². The largest absolute Gasteiger partial charge is 0.332 e. The number of carbonyl (C=O) groups excluding carboxylic acids is 1. The SMILES string of the molecule is CC(C)c1cc(=O)[nH]c([C@H]2CCCN2C(=O)[C@@H]2CC23CCC3)n1. The molecule has 3 fully saturated rings. The number of rotatable bonds is 3. The van der Waals surface area contributed by atoms with Crippen molar-refractivity contribution in [2.75, 3.05) is 6.54 Å². The third kappa shape index (κ3) is 2.41. The minimum atomic E-state index is -0.111. The minimum Gasteiger partial charge on any atom is -0.332 e. The number of amides is 1. The molecule has 0 unspecified atom stereocenters. The lowest BCUT2D eigenvalue weighted by molar-refractivity contribution is -0.135. The maximum atomic E-state index is 12.9. The van der Waals surface area contributed by atoms with Crippen LogP contribution < -0.4 is 5.56 Å². The lowest BCUT2D eigenvalue weighted by atomic mass is 9.79. The van der Waals surface area contributed by atoms with Crippen LogP contribution in [-0.2, 0) is 4.79 Å². The standard InChI is InChI=1S/C18H25N3O2/c1-11(2)13-9-15(22)20-16(19-13)14-5-3-8-21(14)17(23)12-10-18(12)6-4-7-18/h9,11-12,14H,3-8,10H2,1-2H3,(H,19,20,22)/t12-,14+/m0/s1. The van der Waals surface area contributed by atoms with E-state index in [9.17, 15) is 9.59 Å². The monoisotopic (exact) mass is 315 g/mol. The van der Waals surface area contributed by atoms with Crippen molar-refractivity contribution in [2.45, 2.75) is 64.3 Å². The summed E-state index contributed by atoms with van der Waals surface area (Å²) in [5.41, 5.74) is 1.05. The molecule has 1 aromatic rings. The number of aromatic nitrogens is 2. The lowest BCUT2D eigenvalue weighted by Crippen LogP contribution is -2.35. The van der Waals surface area contributed by atoms with Crippen molar-refractivity contribution >= 4 is 5.91 Å². The molecule has 1 spiro atoms. The summed E-state index contributed by atoms with van der Waals surface area (Å²) < 4.78 is 0. The zero-order valence-electron chi connectivity index (χ0n) is 14.0. The summed E-state index contributed by atoms with van der Waals surface area (Å²) in [6.45, 7) is 4.87. The molecule has 1 amide bonds. The highest BCUT2D eigenvalue weighted by atomic mass is 16.2. The van der Waals surface area contributed by atoms with Crippen molar-refractivity contribution in [3.8, 4) is 0 Å². The topological polar surface area (TPSA) is 66.1 Å². The number of nitrogens with zero attached hydrogens (tertiary/aromatic N) is 2. The maximum Gasteiger partial charge on any atom is 0.251 e. The highest BCUT2D eigenvalue weighted by Gasteiger charge is 2.62. The van der Waals surface area contributed by atoms with Crippen molar-refractivity contribution in [1.82, 2.24) is 14.9 Å². The van der Waals surface area contributed by atoms with Gasteiger partial charge in [-0.25, -0.2) is 4.98 Å². The summed E-state index contributed by atoms with van der Waals surface area (Å²) in [5, 5.41) is 0. The van der Waals surface area contributed by atoms with E-state index in [0.29, 0.717) is 17.1 Å². The van der Waals surface area contributed by atoms with Gasteiger partial charge >= 0.3 is 0 Å². The van der Waals surface area contributed by atoms with Crippen LogP contribution in [0.25, 0.3) is 0 Å². The predicted molar refractivity (Wildman–Crippen MR) is 87.0 cm³/mol. The Labute approximate surface area is 136 Å². The molecule has 0 aromatic carbocycles. The molecular formula is C18H25N3O2. The van der Waals surface area contributed by atoms with Gasteiger partial charge in [-0.2, -0.15) is 0 Å². The number of hydrogen-bond donors (Lipinski definition) is 1. The fraction of sp³-hybridized carbons (Fsp3) is 0.722. The van der Waals surface area contributed by atoms with Gasteiger partial charge in [0.05, 0.1) is 11.7 Å². The van der Waals surface area contributed by atoms with Crippen molar-refractivity contribution in [1.29, 1.82) is 0 Å². The average molecular weight is 315 g/mol. The summed E-state index contributed by atoms with van der Waals surface area (Å²) in [7, 11) is 0. The fourth-order valence-corrected chi connectivity index (χ4v) is 4.34. The first-order valence-electron chi connectivity index (χ1n) is 8.92. The number of aromatic amines is 1. The van der Waals surface area contributed by atoms with E-state index >= 15 is 0 Å². The van der Waals surface area contributed by atoms with Crippen LogP contribution in [0.4, 0.5) is 0 Å². The molecule has 3 aliphatic rings. The first-order valence-corrected chi connectivity index (χ1v) is 8.92. The molecule has 4 rings (SSSR count). The molecule has 0 radical (unpaired) electrons. The van der Waals surface area contributed by atoms with E-state index in [1.54, 1.807) is 6.07 Å². The Balaban J connectivity index is 1.58. The van der Waals surface area contributed by atoms with Gasteiger partial charge in [0, 0.05) is 18.5 Å². The summed E-state index contributed by atoms with van der Waals surface area (Å²) in [5.74, 6) is 1.42. The molecule has 1 N–H and O–H groups in total. The molecule has 5 heteroatoms. The molecule has 1 saturated heterocycles. The Morgan fingerprint density at radius 2 is 2.17 bits per heavy atom. The zero-order chi connectivity index (χ0) is 16.2. The molecular weight excluding hydrogens is 290 g/mol. The normalized spacial score (nSPS) is 28.2. The van der Waals surface area contributed by atoms with Gasteiger partial charge in [0.15, 0.2) is 0 Å². The second kappa shape index (κ2) is 5.18. The first-order chi connectivity index (χ1) is 11.0. The summed E-state index contributed by atoms with van der Waals surface area (Å²) in [6.07, 6.45) is 6.69. The van der Waals surface area contributed by atoms with Gasteiger partial charge in [0.2, 0.25) is 5.91 Å². The molecule has 0 bridgehead atoms. The maximum absolute atomic E-state index is 12.9. The molecule has 23 heavy (non-hydrogen) atoms. The lowest BCUT2D eigenvalue weighted by Gasteiger charge is -2.30. The Morgan fingerprint density at radius 1 is 1.39 bits per heavy atom. The average Bonchev–Trinajstić information content (AvgIpc) is 3.07. The number of H-pyrrole nitrogens is 1. The van der Waals surface area contributed by atoms with Crippen molar-refractivity contribution in [3.63, 3.8) is 0 Å². The van der Waals surface area contributed by atoms with Gasteiger partial charge in [0.1, 0.15) is 5.82 Å². The third-order valence-corrected chi connectivity index (χ3v) is 6.06. The molecule has 5 nitrogen and oxygen atoms in total. The molecule has 1 aromatic heterocycles. The summed E-state index contributed by atoms with van der Waals surface area (Å²) in [6, 6.07) is 1.52. The van der Waals surface area contributed by atoms with Gasteiger partial charge in [-0.1, -0.05) is 20.3 Å². The van der Waals surface area contributed by atoms with Crippen LogP contribution in [0.2, 0.25) is 0 Å². The highest BCUT2D eigenvalue weighted by molar-refractivity contribution is 5.83. The Kier molecular flexibility index (Phi) is 3.36. The van der Waals surface area contributed by atoms with E-state index < -0.39 is 0 Å². The quantitative estimate of drug-likeness (QED) is 0.932. The van der Waals surface area contributed by atoms with Gasteiger partial charge < -0.3 is 9.88 Å². The van der Waals surface area contributed by atoms with Gasteiger partial charge in [0.25, 0.3) is 5.56 Å². The van der Waals surface area contributed by atoms with E-state index in [1.807, 2.05) is 18.7 Å². The van der Waals surface area contributed by atoms with Crippen LogP contribution >= 0.6 is 0 Å². The van der Waals surface area contributed by atoms with Crippen LogP contribution in [0.3, 0.4) is 0 Å². The predicted octanol–water partition coefficient (Wildman–Crippen LogP) is 2.75. The third-order valence-electron chi connectivity index (χ3n) is 6.06. The van der Waals surface area contributed by atoms with Gasteiger partial charge in [-0.3, -0.25) is 9.59 Å². The van der Waals surface area contributed by atoms with E-state index in [-0.39, 0.29) is 23.4 Å². The second-order valence-corrected chi connectivity index (χ2v) is 7.87. The van der Waals surface area contributed by atoms with Crippen LogP contribution in [0, 0.1) is 11.3 Å². The number of nitrogens with one attached hydrogen (secondary N) is 1. The van der Waals surface area contributed by atoms with E-state index in [4.69, 9.17) is 0 Å². The van der Waals surface area contributed by atoms with E-state index in [0.717, 1.165) is 31.5 Å². The zero-order valence-corrected chi connectivity index (χ0v) is 14.0. The Bertz CT molecular complexity index is 690. The number of hydrogen-bond acceptors (Lipinski definition) is 3. The number of likely N-dealkylation sites (tertiary alicyclic amines) is 1. The minimum absolute atomic E-state index is 0.0494.